The summed E-state index contributed by atoms with van der Waals surface area (Å²) in [5.74, 6) is -1.94. The second-order valence-electron chi connectivity index (χ2n) is 4.92. The van der Waals surface area contributed by atoms with Gasteiger partial charge < -0.3 is 0 Å². The van der Waals surface area contributed by atoms with Crippen LogP contribution in [-0.4, -0.2) is 18.5 Å². The van der Waals surface area contributed by atoms with E-state index < -0.39 is 31.8 Å². The molecule has 2 aliphatic carbocycles. The number of sulfone groups is 1. The molecule has 19 heavy (non-hydrogen) atoms. The standard InChI is InChI=1S/C13H11ClF2O2S/c14-12(15)9-6-7-10(8-9)13(12,16)19(17,18)11-4-2-1-3-5-11/h1-7,9-10H,8H2/t9-,10+,12-,13-/m0/s1. The maximum absolute atomic E-state index is 15.1. The summed E-state index contributed by atoms with van der Waals surface area (Å²) >= 11 is 5.63. The van der Waals surface area contributed by atoms with Crippen molar-refractivity contribution < 1.29 is 17.2 Å². The highest BCUT2D eigenvalue weighted by Crippen LogP contribution is 2.62. The minimum atomic E-state index is -4.50. The number of rotatable bonds is 2. The summed E-state index contributed by atoms with van der Waals surface area (Å²) in [6.07, 6.45) is 2.95. The van der Waals surface area contributed by atoms with Crippen molar-refractivity contribution in [3.8, 4) is 0 Å². The Morgan fingerprint density at radius 2 is 1.68 bits per heavy atom. The number of fused-ring (bicyclic) bond motifs is 2. The van der Waals surface area contributed by atoms with Gasteiger partial charge in [-0.1, -0.05) is 42.0 Å². The highest BCUT2D eigenvalue weighted by Gasteiger charge is 2.74. The Balaban J connectivity index is 2.19. The number of halogens is 3. The molecule has 1 saturated carbocycles. The first kappa shape index (κ1) is 13.1. The van der Waals surface area contributed by atoms with Gasteiger partial charge in [0.05, 0.1) is 4.90 Å². The summed E-state index contributed by atoms with van der Waals surface area (Å²) in [6, 6.07) is 7.04. The quantitative estimate of drug-likeness (QED) is 0.621. The van der Waals surface area contributed by atoms with Crippen LogP contribution in [0.5, 0.6) is 0 Å². The van der Waals surface area contributed by atoms with Crippen LogP contribution in [0.15, 0.2) is 47.4 Å². The van der Waals surface area contributed by atoms with E-state index >= 15 is 4.39 Å². The van der Waals surface area contributed by atoms with Gasteiger partial charge in [0.2, 0.25) is 15.0 Å². The molecule has 102 valence electrons. The summed E-state index contributed by atoms with van der Waals surface area (Å²) in [5.41, 5.74) is 0. The van der Waals surface area contributed by atoms with Crippen LogP contribution in [0, 0.1) is 11.8 Å². The van der Waals surface area contributed by atoms with Gasteiger partial charge in [0.25, 0.3) is 5.00 Å². The first-order valence-electron chi connectivity index (χ1n) is 5.86. The Labute approximate surface area is 115 Å². The minimum absolute atomic E-state index is 0.0859. The highest BCUT2D eigenvalue weighted by molar-refractivity contribution is 7.92. The van der Waals surface area contributed by atoms with Crippen molar-refractivity contribution in [2.75, 3.05) is 0 Å². The zero-order chi connectivity index (χ0) is 13.9. The third kappa shape index (κ3) is 1.43. The van der Waals surface area contributed by atoms with E-state index in [0.29, 0.717) is 0 Å². The Morgan fingerprint density at radius 3 is 2.21 bits per heavy atom. The molecule has 0 saturated heterocycles. The predicted octanol–water partition coefficient (Wildman–Crippen LogP) is 3.24. The van der Waals surface area contributed by atoms with Crippen LogP contribution in [0.25, 0.3) is 0 Å². The third-order valence-corrected chi connectivity index (χ3v) is 6.87. The molecule has 0 aromatic heterocycles. The molecular weight excluding hydrogens is 294 g/mol. The van der Waals surface area contributed by atoms with Crippen LogP contribution in [0.3, 0.4) is 0 Å². The molecule has 1 fully saturated rings. The SMILES string of the molecule is O=S(=O)(c1ccccc1)[C@@]1(F)[C@@H]2C=C[C@@H](C2)[C@@]1(F)Cl. The van der Waals surface area contributed by atoms with Gasteiger partial charge in [0, 0.05) is 11.8 Å². The van der Waals surface area contributed by atoms with Crippen molar-refractivity contribution in [1.29, 1.82) is 0 Å². The van der Waals surface area contributed by atoms with Crippen molar-refractivity contribution in [3.63, 3.8) is 0 Å². The lowest BCUT2D eigenvalue weighted by Gasteiger charge is -2.35. The summed E-state index contributed by atoms with van der Waals surface area (Å²) in [5, 5.41) is -6.02. The van der Waals surface area contributed by atoms with E-state index in [0.717, 1.165) is 0 Å². The summed E-state index contributed by atoms with van der Waals surface area (Å²) < 4.78 is 54.5. The summed E-state index contributed by atoms with van der Waals surface area (Å²) in [4.78, 5) is -0.249. The molecule has 6 heteroatoms. The monoisotopic (exact) mass is 304 g/mol. The first-order chi connectivity index (χ1) is 8.82. The highest BCUT2D eigenvalue weighted by atomic mass is 35.5. The lowest BCUT2D eigenvalue weighted by molar-refractivity contribution is 0.0790. The van der Waals surface area contributed by atoms with Gasteiger partial charge in [-0.25, -0.2) is 17.2 Å². The number of hydrogen-bond acceptors (Lipinski definition) is 2. The van der Waals surface area contributed by atoms with Gasteiger partial charge in [-0.05, 0) is 18.6 Å². The molecule has 0 radical (unpaired) electrons. The second-order valence-corrected chi connectivity index (χ2v) is 7.54. The lowest BCUT2D eigenvalue weighted by atomic mass is 10.0. The summed E-state index contributed by atoms with van der Waals surface area (Å²) in [6.45, 7) is 0. The van der Waals surface area contributed by atoms with Crippen LogP contribution in [0.2, 0.25) is 0 Å². The maximum Gasteiger partial charge on any atom is 0.269 e. The van der Waals surface area contributed by atoms with Gasteiger partial charge in [-0.2, -0.15) is 0 Å². The normalized spacial score (nSPS) is 40.8. The molecule has 0 amide bonds. The van der Waals surface area contributed by atoms with Crippen LogP contribution in [-0.2, 0) is 9.84 Å². The fourth-order valence-electron chi connectivity index (χ4n) is 2.89. The fourth-order valence-corrected chi connectivity index (χ4v) is 5.44. The van der Waals surface area contributed by atoms with Crippen molar-refractivity contribution in [2.24, 2.45) is 11.8 Å². The van der Waals surface area contributed by atoms with E-state index in [1.807, 2.05) is 0 Å². The van der Waals surface area contributed by atoms with Crippen molar-refractivity contribution in [2.45, 2.75) is 21.4 Å². The lowest BCUT2D eigenvalue weighted by Crippen LogP contribution is -2.52. The predicted molar refractivity (Wildman–Crippen MR) is 67.9 cm³/mol. The van der Waals surface area contributed by atoms with Crippen molar-refractivity contribution in [3.05, 3.63) is 42.5 Å². The van der Waals surface area contributed by atoms with E-state index in [-0.39, 0.29) is 11.3 Å². The van der Waals surface area contributed by atoms with Crippen LogP contribution in [0.1, 0.15) is 6.42 Å². The molecule has 0 N–H and O–H groups in total. The molecule has 0 spiro atoms. The zero-order valence-corrected chi connectivity index (χ0v) is 11.3. The number of alkyl halides is 3. The molecule has 0 heterocycles. The van der Waals surface area contributed by atoms with Gasteiger partial charge in [-0.15, -0.1) is 0 Å². The molecular formula is C13H11ClF2O2S. The largest absolute Gasteiger partial charge is 0.269 e. The van der Waals surface area contributed by atoms with Gasteiger partial charge in [0.15, 0.2) is 0 Å². The third-order valence-electron chi connectivity index (χ3n) is 3.93. The molecule has 3 rings (SSSR count). The molecule has 1 aromatic carbocycles. The Morgan fingerprint density at radius 1 is 1.11 bits per heavy atom. The van der Waals surface area contributed by atoms with E-state index in [1.54, 1.807) is 6.07 Å². The maximum atomic E-state index is 15.1. The Hall–Kier alpha value is -0.940. The van der Waals surface area contributed by atoms with Gasteiger partial charge in [0.1, 0.15) is 0 Å². The average Bonchev–Trinajstić information content (AvgIpc) is 2.94. The zero-order valence-electron chi connectivity index (χ0n) is 9.76. The van der Waals surface area contributed by atoms with Crippen LogP contribution in [0.4, 0.5) is 8.78 Å². The molecule has 0 aliphatic heterocycles. The van der Waals surface area contributed by atoms with E-state index in [4.69, 9.17) is 11.6 Å². The number of hydrogen-bond donors (Lipinski definition) is 0. The van der Waals surface area contributed by atoms with E-state index in [2.05, 4.69) is 0 Å². The topological polar surface area (TPSA) is 34.1 Å². The van der Waals surface area contributed by atoms with E-state index in [9.17, 15) is 12.8 Å². The number of benzene rings is 1. The van der Waals surface area contributed by atoms with Gasteiger partial charge in [-0.3, -0.25) is 0 Å². The summed E-state index contributed by atoms with van der Waals surface area (Å²) in [7, 11) is -4.50. The fraction of sp³-hybridized carbons (Fsp3) is 0.385. The number of allylic oxidation sites excluding steroid dienone is 2. The Kier molecular flexibility index (Phi) is 2.61. The first-order valence-corrected chi connectivity index (χ1v) is 7.72. The van der Waals surface area contributed by atoms with Gasteiger partial charge >= 0.3 is 0 Å². The average molecular weight is 305 g/mol. The second kappa shape index (κ2) is 3.79. The smallest absolute Gasteiger partial charge is 0.221 e. The Bertz CT molecular complexity index is 642. The molecule has 2 bridgehead atoms. The van der Waals surface area contributed by atoms with Crippen molar-refractivity contribution >= 4 is 21.4 Å². The molecule has 2 nitrogen and oxygen atoms in total. The van der Waals surface area contributed by atoms with Crippen LogP contribution < -0.4 is 0 Å². The molecule has 0 unspecified atom stereocenters. The van der Waals surface area contributed by atoms with Crippen LogP contribution >= 0.6 is 11.6 Å². The minimum Gasteiger partial charge on any atom is -0.221 e. The van der Waals surface area contributed by atoms with Crippen molar-refractivity contribution in [1.82, 2.24) is 0 Å². The molecule has 2 aliphatic rings. The molecule has 4 atom stereocenters. The van der Waals surface area contributed by atoms with E-state index in [1.165, 1.54) is 36.4 Å². The molecule has 1 aromatic rings.